The summed E-state index contributed by atoms with van der Waals surface area (Å²) in [6.45, 7) is 0. The Morgan fingerprint density at radius 1 is 1.08 bits per heavy atom. The lowest BCUT2D eigenvalue weighted by atomic mass is 10.4. The van der Waals surface area contributed by atoms with Gasteiger partial charge in [-0.2, -0.15) is 13.2 Å². The highest BCUT2D eigenvalue weighted by Crippen LogP contribution is 2.25. The third-order valence-electron chi connectivity index (χ3n) is 1.24. The van der Waals surface area contributed by atoms with E-state index >= 15 is 0 Å². The van der Waals surface area contributed by atoms with Crippen LogP contribution in [0.1, 0.15) is 0 Å². The summed E-state index contributed by atoms with van der Waals surface area (Å²) in [4.78, 5) is -0.450. The van der Waals surface area contributed by atoms with Crippen molar-refractivity contribution in [3.8, 4) is 0 Å². The summed E-state index contributed by atoms with van der Waals surface area (Å²) in [7, 11) is -3.08. The number of halogens is 4. The van der Waals surface area contributed by atoms with Gasteiger partial charge in [-0.1, -0.05) is 0 Å². The predicted molar refractivity (Wildman–Crippen MR) is 38.9 cm³/mol. The molecule has 0 saturated heterocycles. The van der Waals surface area contributed by atoms with Crippen molar-refractivity contribution in [3.05, 3.63) is 30.1 Å². The third-order valence-corrected chi connectivity index (χ3v) is 2.36. The van der Waals surface area contributed by atoms with Crippen LogP contribution in [-0.4, -0.2) is 9.72 Å². The van der Waals surface area contributed by atoms with Crippen LogP contribution in [0.3, 0.4) is 0 Å². The lowest BCUT2D eigenvalue weighted by Crippen LogP contribution is -2.16. The van der Waals surface area contributed by atoms with Crippen LogP contribution in [0.25, 0.3) is 0 Å². The van der Waals surface area contributed by atoms with Gasteiger partial charge in [-0.05, 0) is 24.3 Å². The highest BCUT2D eigenvalue weighted by Gasteiger charge is 2.37. The molecule has 1 rings (SSSR count). The molecule has 1 aromatic rings. The van der Waals surface area contributed by atoms with E-state index in [2.05, 4.69) is 0 Å². The van der Waals surface area contributed by atoms with Gasteiger partial charge < -0.3 is 0 Å². The molecule has 0 aromatic heterocycles. The second kappa shape index (κ2) is 3.45. The van der Waals surface area contributed by atoms with Crippen LogP contribution in [0, 0.1) is 5.82 Å². The molecule has 1 aromatic carbocycles. The average molecular weight is 212 g/mol. The molecule has 0 bridgehead atoms. The molecule has 0 amide bonds. The van der Waals surface area contributed by atoms with Gasteiger partial charge >= 0.3 is 5.51 Å². The summed E-state index contributed by atoms with van der Waals surface area (Å²) in [5.41, 5.74) is -4.79. The number of hydrogen-bond acceptors (Lipinski definition) is 1. The van der Waals surface area contributed by atoms with Crippen molar-refractivity contribution in [2.45, 2.75) is 10.4 Å². The van der Waals surface area contributed by atoms with Gasteiger partial charge in [-0.15, -0.1) is 0 Å². The number of benzene rings is 1. The molecule has 1 unspecified atom stereocenters. The summed E-state index contributed by atoms with van der Waals surface area (Å²) in [5, 5.41) is 0. The second-order valence-electron chi connectivity index (χ2n) is 2.17. The van der Waals surface area contributed by atoms with Crippen LogP contribution in [-0.2, 0) is 10.8 Å². The van der Waals surface area contributed by atoms with E-state index in [1.54, 1.807) is 0 Å². The highest BCUT2D eigenvalue weighted by molar-refractivity contribution is 7.86. The van der Waals surface area contributed by atoms with Crippen LogP contribution in [0.2, 0.25) is 0 Å². The Kier molecular flexibility index (Phi) is 2.70. The molecular formula is C7H4F4OS. The molecule has 1 nitrogen and oxygen atoms in total. The quantitative estimate of drug-likeness (QED) is 0.653. The minimum absolute atomic E-state index is 0.450. The van der Waals surface area contributed by atoms with Crippen molar-refractivity contribution < 1.29 is 21.8 Å². The maximum absolute atomic E-state index is 12.3. The molecule has 0 aliphatic rings. The lowest BCUT2D eigenvalue weighted by molar-refractivity contribution is -0.0384. The molecule has 0 aliphatic carbocycles. The topological polar surface area (TPSA) is 17.1 Å². The monoisotopic (exact) mass is 212 g/mol. The Labute approximate surface area is 73.8 Å². The molecule has 0 N–H and O–H groups in total. The fourth-order valence-electron chi connectivity index (χ4n) is 0.692. The van der Waals surface area contributed by atoms with Crippen LogP contribution in [0.4, 0.5) is 17.6 Å². The van der Waals surface area contributed by atoms with Gasteiger partial charge in [-0.25, -0.2) is 8.60 Å². The molecule has 0 spiro atoms. The Hall–Kier alpha value is -0.910. The first kappa shape index (κ1) is 10.2. The van der Waals surface area contributed by atoms with Gasteiger partial charge in [0.25, 0.3) is 0 Å². The maximum Gasteiger partial charge on any atom is 0.475 e. The van der Waals surface area contributed by atoms with Gasteiger partial charge in [0.05, 0.1) is 0 Å². The molecule has 0 saturated carbocycles. The Bertz CT molecular complexity index is 316. The van der Waals surface area contributed by atoms with Gasteiger partial charge in [0.15, 0.2) is 10.8 Å². The van der Waals surface area contributed by atoms with E-state index in [4.69, 9.17) is 0 Å². The summed E-state index contributed by atoms with van der Waals surface area (Å²) in [6.07, 6.45) is 0. The van der Waals surface area contributed by atoms with E-state index in [1.807, 2.05) is 0 Å². The zero-order valence-corrected chi connectivity index (χ0v) is 6.95. The van der Waals surface area contributed by atoms with E-state index in [-0.39, 0.29) is 0 Å². The second-order valence-corrected chi connectivity index (χ2v) is 3.64. The van der Waals surface area contributed by atoms with E-state index in [0.717, 1.165) is 24.3 Å². The molecule has 1 atom stereocenters. The van der Waals surface area contributed by atoms with Crippen molar-refractivity contribution >= 4 is 10.8 Å². The van der Waals surface area contributed by atoms with Crippen molar-refractivity contribution in [2.75, 3.05) is 0 Å². The first-order chi connectivity index (χ1) is 5.91. The third kappa shape index (κ3) is 2.51. The fraction of sp³-hybridized carbons (Fsp3) is 0.143. The first-order valence-electron chi connectivity index (χ1n) is 3.15. The van der Waals surface area contributed by atoms with Gasteiger partial charge in [0.1, 0.15) is 5.82 Å². The van der Waals surface area contributed by atoms with E-state index in [1.165, 1.54) is 0 Å². The molecular weight excluding hydrogens is 208 g/mol. The maximum atomic E-state index is 12.3. The minimum atomic E-state index is -4.79. The normalized spacial score (nSPS) is 14.2. The molecule has 72 valence electrons. The number of alkyl halides is 3. The van der Waals surface area contributed by atoms with Crippen LogP contribution >= 0.6 is 0 Å². The molecule has 0 fully saturated rings. The number of rotatable bonds is 1. The van der Waals surface area contributed by atoms with Gasteiger partial charge in [0.2, 0.25) is 0 Å². The summed E-state index contributed by atoms with van der Waals surface area (Å²) in [6, 6.07) is 3.36. The Morgan fingerprint density at radius 2 is 1.54 bits per heavy atom. The smallest absolute Gasteiger partial charge is 0.245 e. The van der Waals surface area contributed by atoms with Crippen LogP contribution in [0.5, 0.6) is 0 Å². The van der Waals surface area contributed by atoms with E-state index in [0.29, 0.717) is 0 Å². The van der Waals surface area contributed by atoms with E-state index in [9.17, 15) is 21.8 Å². The zero-order valence-electron chi connectivity index (χ0n) is 6.14. The highest BCUT2D eigenvalue weighted by atomic mass is 32.2. The minimum Gasteiger partial charge on any atom is -0.245 e. The fourth-order valence-corrected chi connectivity index (χ4v) is 1.34. The summed E-state index contributed by atoms with van der Waals surface area (Å²) < 4.78 is 58.4. The van der Waals surface area contributed by atoms with Crippen molar-refractivity contribution in [3.63, 3.8) is 0 Å². The van der Waals surface area contributed by atoms with E-state index < -0.39 is 27.0 Å². The van der Waals surface area contributed by atoms with Crippen molar-refractivity contribution in [2.24, 2.45) is 0 Å². The van der Waals surface area contributed by atoms with Crippen LogP contribution in [0.15, 0.2) is 29.2 Å². The first-order valence-corrected chi connectivity index (χ1v) is 4.30. The number of hydrogen-bond donors (Lipinski definition) is 0. The standard InChI is InChI=1S/C7H4F4OS/c8-5-1-3-6(4-2-5)13(12)7(9,10)11/h1-4H. The van der Waals surface area contributed by atoms with Gasteiger partial charge in [-0.3, -0.25) is 0 Å². The summed E-state index contributed by atoms with van der Waals surface area (Å²) >= 11 is 0. The molecule has 0 radical (unpaired) electrons. The molecule has 0 heterocycles. The SMILES string of the molecule is O=S(c1ccc(F)cc1)C(F)(F)F. The Morgan fingerprint density at radius 3 is 1.92 bits per heavy atom. The lowest BCUT2D eigenvalue weighted by Gasteiger charge is -2.04. The van der Waals surface area contributed by atoms with Crippen molar-refractivity contribution in [1.29, 1.82) is 0 Å². The van der Waals surface area contributed by atoms with Gasteiger partial charge in [0, 0.05) is 4.90 Å². The average Bonchev–Trinajstić information content (AvgIpc) is 2.03. The largest absolute Gasteiger partial charge is 0.475 e. The van der Waals surface area contributed by atoms with Crippen LogP contribution < -0.4 is 0 Å². The van der Waals surface area contributed by atoms with Crippen molar-refractivity contribution in [1.82, 2.24) is 0 Å². The molecule has 6 heteroatoms. The zero-order chi connectivity index (χ0) is 10.1. The molecule has 13 heavy (non-hydrogen) atoms. The molecule has 0 aliphatic heterocycles. The Balaban J connectivity index is 2.97. The predicted octanol–water partition coefficient (Wildman–Crippen LogP) is 2.45. The summed E-state index contributed by atoms with van der Waals surface area (Å²) in [5.74, 6) is -0.664.